The van der Waals surface area contributed by atoms with Crippen molar-refractivity contribution in [2.45, 2.75) is 142 Å². The lowest BCUT2D eigenvalue weighted by Gasteiger charge is -2.08. The number of esters is 2. The molecule has 0 amide bonds. The van der Waals surface area contributed by atoms with Gasteiger partial charge in [0.2, 0.25) is 0 Å². The molecule has 2 aromatic carbocycles. The van der Waals surface area contributed by atoms with Crippen LogP contribution in [0.5, 0.6) is 0 Å². The van der Waals surface area contributed by atoms with Gasteiger partial charge in [-0.3, -0.25) is 0 Å². The molecular formula is C58H70N4O4. The van der Waals surface area contributed by atoms with E-state index in [1.165, 1.54) is 128 Å². The highest BCUT2D eigenvalue weighted by Gasteiger charge is 2.19. The van der Waals surface area contributed by atoms with Crippen LogP contribution in [-0.2, 0) is 22.3 Å². The number of nitrogens with one attached hydrogen (secondary N) is 2. The van der Waals surface area contributed by atoms with Crippen LogP contribution in [0.25, 0.3) is 68.6 Å². The molecule has 0 unspecified atom stereocenters. The summed E-state index contributed by atoms with van der Waals surface area (Å²) >= 11 is 0. The predicted octanol–water partition coefficient (Wildman–Crippen LogP) is 15.7. The topological polar surface area (TPSA) is 110 Å². The van der Waals surface area contributed by atoms with Crippen LogP contribution in [-0.4, -0.2) is 46.1 Å². The summed E-state index contributed by atoms with van der Waals surface area (Å²) in [5, 5.41) is 0. The van der Waals surface area contributed by atoms with Gasteiger partial charge in [-0.25, -0.2) is 19.6 Å². The summed E-state index contributed by atoms with van der Waals surface area (Å²) in [6.07, 6.45) is 33.3. The molecule has 346 valence electrons. The van der Waals surface area contributed by atoms with E-state index in [0.29, 0.717) is 11.1 Å². The number of hydrogen-bond donors (Lipinski definition) is 2. The number of unbranched alkanes of at least 4 members (excludes halogenated alkanes) is 16. The molecule has 8 heteroatoms. The molecule has 0 saturated carbocycles. The highest BCUT2D eigenvalue weighted by Crippen LogP contribution is 2.36. The van der Waals surface area contributed by atoms with E-state index in [1.807, 2.05) is 24.3 Å². The minimum absolute atomic E-state index is 0.380. The van der Waals surface area contributed by atoms with Gasteiger partial charge >= 0.3 is 11.9 Å². The fourth-order valence-corrected chi connectivity index (χ4v) is 9.46. The zero-order valence-corrected chi connectivity index (χ0v) is 39.9. The summed E-state index contributed by atoms with van der Waals surface area (Å²) in [6, 6.07) is 23.8. The Labute approximate surface area is 392 Å². The fourth-order valence-electron chi connectivity index (χ4n) is 9.46. The van der Waals surface area contributed by atoms with Crippen molar-refractivity contribution in [3.05, 3.63) is 118 Å². The zero-order chi connectivity index (χ0) is 46.1. The normalized spacial score (nSPS) is 11.9. The SMILES string of the molecule is CCCCCCCCCCCc1c2nc(c(CCCCCCCCCCC)c3ccc([nH]3)c(-c3ccc(C(=O)OC)cc3)c3nc(c(-c4ccc(C(=O)OC)cc4)c4ccc1[nH]4)C=C3)C=C2. The predicted molar refractivity (Wildman–Crippen MR) is 274 cm³/mol. The first-order chi connectivity index (χ1) is 32.4. The van der Waals surface area contributed by atoms with E-state index in [4.69, 9.17) is 19.4 Å². The number of aromatic amines is 2. The summed E-state index contributed by atoms with van der Waals surface area (Å²) in [5.41, 5.74) is 14.6. The van der Waals surface area contributed by atoms with Crippen molar-refractivity contribution >= 4 is 58.3 Å². The van der Waals surface area contributed by atoms with Crippen molar-refractivity contribution in [2.24, 2.45) is 0 Å². The highest BCUT2D eigenvalue weighted by molar-refractivity contribution is 5.97. The third kappa shape index (κ3) is 12.2. The summed E-state index contributed by atoms with van der Waals surface area (Å²) in [7, 11) is 2.80. The second-order valence-electron chi connectivity index (χ2n) is 18.0. The Kier molecular flexibility index (Phi) is 17.8. The van der Waals surface area contributed by atoms with Gasteiger partial charge in [0.25, 0.3) is 0 Å². The van der Waals surface area contributed by atoms with Crippen LogP contribution in [0.2, 0.25) is 0 Å². The Hall–Kier alpha value is -6.02. The van der Waals surface area contributed by atoms with Crippen LogP contribution in [0.4, 0.5) is 0 Å². The fraction of sp³-hybridized carbons (Fsp3) is 0.414. The Balaban J connectivity index is 1.38. The van der Waals surface area contributed by atoms with Crippen molar-refractivity contribution in [3.8, 4) is 22.3 Å². The number of aryl methyl sites for hydroxylation is 2. The van der Waals surface area contributed by atoms with Crippen molar-refractivity contribution in [1.29, 1.82) is 0 Å². The molecule has 0 atom stereocenters. The lowest BCUT2D eigenvalue weighted by atomic mass is 10.0. The molecular weight excluding hydrogens is 817 g/mol. The molecule has 0 saturated heterocycles. The molecule has 0 aliphatic carbocycles. The maximum absolute atomic E-state index is 12.5. The standard InChI is InChI=1S/C58H70N4O4/c1-5-7-9-11-13-15-17-19-21-23-45-47-33-34-48(59-47)46(24-22-20-18-16-14-12-10-8-6-2)50-36-38-52(61-50)56(42-27-31-44(32-28-42)58(64)66-4)54-40-39-53(62-54)55(51-37-35-49(45)60-51)41-25-29-43(30-26-41)57(63)65-3/h25-40,60-61H,5-24H2,1-4H3. The number of H-pyrrole nitrogens is 2. The van der Waals surface area contributed by atoms with Gasteiger partial charge in [0, 0.05) is 44.3 Å². The molecule has 5 heterocycles. The molecule has 2 N–H and O–H groups in total. The second kappa shape index (κ2) is 24.5. The molecule has 66 heavy (non-hydrogen) atoms. The number of carbonyl (C=O) groups is 2. The number of rotatable bonds is 24. The van der Waals surface area contributed by atoms with Crippen LogP contribution >= 0.6 is 0 Å². The van der Waals surface area contributed by atoms with Crippen molar-refractivity contribution in [3.63, 3.8) is 0 Å². The number of aromatic nitrogens is 4. The van der Waals surface area contributed by atoms with Gasteiger partial charge < -0.3 is 19.4 Å². The molecule has 0 spiro atoms. The van der Waals surface area contributed by atoms with Crippen molar-refractivity contribution in [1.82, 2.24) is 19.9 Å². The first-order valence-corrected chi connectivity index (χ1v) is 24.9. The molecule has 7 rings (SSSR count). The molecule has 5 aromatic rings. The lowest BCUT2D eigenvalue weighted by Crippen LogP contribution is -2.00. The quantitative estimate of drug-likeness (QED) is 0.0462. The van der Waals surface area contributed by atoms with E-state index >= 15 is 0 Å². The smallest absolute Gasteiger partial charge is 0.337 e. The largest absolute Gasteiger partial charge is 0.465 e. The Morgan fingerprint density at radius 2 is 0.727 bits per heavy atom. The highest BCUT2D eigenvalue weighted by atomic mass is 16.5. The minimum atomic E-state index is -0.380. The van der Waals surface area contributed by atoms with Gasteiger partial charge in [0.1, 0.15) is 0 Å². The van der Waals surface area contributed by atoms with Gasteiger partial charge in [-0.05, 0) is 110 Å². The number of nitrogens with zero attached hydrogens (tertiary/aromatic N) is 2. The molecule has 0 radical (unpaired) electrons. The van der Waals surface area contributed by atoms with Gasteiger partial charge in [-0.2, -0.15) is 0 Å². The van der Waals surface area contributed by atoms with E-state index in [-0.39, 0.29) is 11.9 Å². The molecule has 3 aromatic heterocycles. The summed E-state index contributed by atoms with van der Waals surface area (Å²) in [5.74, 6) is -0.761. The van der Waals surface area contributed by atoms with E-state index in [2.05, 4.69) is 72.4 Å². The number of ether oxygens (including phenoxy) is 2. The number of carbonyl (C=O) groups excluding carboxylic acids is 2. The van der Waals surface area contributed by atoms with E-state index < -0.39 is 0 Å². The molecule has 8 nitrogen and oxygen atoms in total. The summed E-state index contributed by atoms with van der Waals surface area (Å²) in [4.78, 5) is 43.6. The lowest BCUT2D eigenvalue weighted by molar-refractivity contribution is 0.0592. The van der Waals surface area contributed by atoms with E-state index in [0.717, 1.165) is 92.8 Å². The Morgan fingerprint density at radius 1 is 0.409 bits per heavy atom. The third-order valence-electron chi connectivity index (χ3n) is 13.2. The van der Waals surface area contributed by atoms with Gasteiger partial charge in [-0.15, -0.1) is 0 Å². The van der Waals surface area contributed by atoms with Crippen LogP contribution in [0, 0.1) is 0 Å². The first kappa shape index (κ1) is 47.9. The zero-order valence-electron chi connectivity index (χ0n) is 39.9. The summed E-state index contributed by atoms with van der Waals surface area (Å²) < 4.78 is 10.1. The number of hydrogen-bond acceptors (Lipinski definition) is 6. The minimum Gasteiger partial charge on any atom is -0.465 e. The second-order valence-corrected chi connectivity index (χ2v) is 18.0. The van der Waals surface area contributed by atoms with Gasteiger partial charge in [0.15, 0.2) is 0 Å². The number of methoxy groups -OCH3 is 2. The number of fused-ring (bicyclic) bond motifs is 8. The maximum Gasteiger partial charge on any atom is 0.337 e. The van der Waals surface area contributed by atoms with Crippen LogP contribution < -0.4 is 0 Å². The monoisotopic (exact) mass is 887 g/mol. The summed E-state index contributed by atoms with van der Waals surface area (Å²) in [6.45, 7) is 4.55. The van der Waals surface area contributed by atoms with Gasteiger partial charge in [0.05, 0.1) is 48.1 Å². The Morgan fingerprint density at radius 3 is 1.09 bits per heavy atom. The number of benzene rings is 2. The Bertz CT molecular complexity index is 2450. The molecule has 2 aliphatic heterocycles. The average molecular weight is 887 g/mol. The van der Waals surface area contributed by atoms with E-state index in [1.54, 1.807) is 24.3 Å². The van der Waals surface area contributed by atoms with Crippen molar-refractivity contribution in [2.75, 3.05) is 14.2 Å². The van der Waals surface area contributed by atoms with Crippen LogP contribution in [0.3, 0.4) is 0 Å². The third-order valence-corrected chi connectivity index (χ3v) is 13.2. The molecule has 8 bridgehead atoms. The van der Waals surface area contributed by atoms with Crippen LogP contribution in [0.1, 0.15) is 184 Å². The average Bonchev–Trinajstić information content (AvgIpc) is 4.20. The van der Waals surface area contributed by atoms with E-state index in [9.17, 15) is 9.59 Å². The van der Waals surface area contributed by atoms with Crippen LogP contribution in [0.15, 0.2) is 72.8 Å². The molecule has 2 aliphatic rings. The van der Waals surface area contributed by atoms with Crippen molar-refractivity contribution < 1.29 is 19.1 Å². The van der Waals surface area contributed by atoms with Gasteiger partial charge in [-0.1, -0.05) is 141 Å². The maximum atomic E-state index is 12.5. The first-order valence-electron chi connectivity index (χ1n) is 24.9. The molecule has 0 fully saturated rings.